The molecule has 2 aliphatic carbocycles. The van der Waals surface area contributed by atoms with Crippen LogP contribution in [0.15, 0.2) is 54.4 Å². The van der Waals surface area contributed by atoms with Crippen molar-refractivity contribution in [3.8, 4) is 17.1 Å². The van der Waals surface area contributed by atoms with Crippen molar-refractivity contribution in [3.05, 3.63) is 65.5 Å². The maximum atomic E-state index is 12.3. The Bertz CT molecular complexity index is 1260. The van der Waals surface area contributed by atoms with Crippen molar-refractivity contribution in [2.24, 2.45) is 0 Å². The van der Waals surface area contributed by atoms with E-state index in [0.717, 1.165) is 35.2 Å². The van der Waals surface area contributed by atoms with E-state index in [1.165, 1.54) is 0 Å². The molecule has 0 aliphatic heterocycles. The summed E-state index contributed by atoms with van der Waals surface area (Å²) in [6.07, 6.45) is 7.97. The Balaban J connectivity index is 1.29. The number of likely N-dealkylation sites (N-methyl/N-ethyl adjacent to an activating group) is 1. The molecule has 0 spiro atoms. The number of rotatable bonds is 6. The number of anilines is 2. The van der Waals surface area contributed by atoms with Crippen molar-refractivity contribution in [1.82, 2.24) is 19.9 Å². The number of amides is 1. The predicted octanol–water partition coefficient (Wildman–Crippen LogP) is 3.60. The molecule has 34 heavy (non-hydrogen) atoms. The lowest BCUT2D eigenvalue weighted by atomic mass is 10.1. The number of nitrogens with zero attached hydrogens (tertiary/aromatic N) is 4. The zero-order valence-corrected chi connectivity index (χ0v) is 19.2. The number of carbonyl (C=O) groups excluding carboxylic acids is 1. The fraction of sp³-hybridized carbons (Fsp3) is 0.308. The Hall–Kier alpha value is -3.78. The second-order valence-corrected chi connectivity index (χ2v) is 8.93. The molecule has 1 aromatic carbocycles. The lowest BCUT2D eigenvalue weighted by Crippen LogP contribution is -2.23. The second kappa shape index (κ2) is 9.23. The number of carbonyl (C=O) groups is 1. The normalized spacial score (nSPS) is 18.9. The molecule has 174 valence electrons. The summed E-state index contributed by atoms with van der Waals surface area (Å²) in [5.41, 5.74) is 5.15. The molecule has 0 radical (unpaired) electrons. The van der Waals surface area contributed by atoms with Gasteiger partial charge in [-0.15, -0.1) is 0 Å². The van der Waals surface area contributed by atoms with E-state index in [9.17, 15) is 9.90 Å². The van der Waals surface area contributed by atoms with Gasteiger partial charge in [0.15, 0.2) is 0 Å². The average Bonchev–Trinajstić information content (AvgIpc) is 3.44. The van der Waals surface area contributed by atoms with Gasteiger partial charge in [-0.05, 0) is 54.3 Å². The maximum Gasteiger partial charge on any atom is 0.249 e. The van der Waals surface area contributed by atoms with Gasteiger partial charge in [-0.1, -0.05) is 6.07 Å². The zero-order chi connectivity index (χ0) is 23.7. The first-order valence-corrected chi connectivity index (χ1v) is 11.4. The van der Waals surface area contributed by atoms with Gasteiger partial charge in [0.05, 0.1) is 17.5 Å². The van der Waals surface area contributed by atoms with Crippen LogP contribution in [-0.2, 0) is 11.2 Å². The monoisotopic (exact) mass is 457 g/mol. The van der Waals surface area contributed by atoms with E-state index in [0.29, 0.717) is 35.9 Å². The number of pyridine rings is 1. The molecule has 2 unspecified atom stereocenters. The van der Waals surface area contributed by atoms with Crippen LogP contribution in [0.1, 0.15) is 30.4 Å². The van der Waals surface area contributed by atoms with E-state index in [2.05, 4.69) is 20.3 Å². The molecule has 5 rings (SSSR count). The van der Waals surface area contributed by atoms with Crippen molar-refractivity contribution < 1.29 is 14.6 Å². The van der Waals surface area contributed by atoms with Crippen LogP contribution in [0, 0.1) is 0 Å². The van der Waals surface area contributed by atoms with Crippen molar-refractivity contribution >= 4 is 23.6 Å². The van der Waals surface area contributed by atoms with Crippen LogP contribution in [-0.4, -0.2) is 57.2 Å². The topological polar surface area (TPSA) is 100 Å². The van der Waals surface area contributed by atoms with Gasteiger partial charge in [0.2, 0.25) is 11.9 Å². The molecule has 2 aliphatic rings. The number of aliphatic hydroxyl groups is 1. The van der Waals surface area contributed by atoms with Crippen LogP contribution in [0.5, 0.6) is 5.75 Å². The number of fused-ring (bicyclic) bond motifs is 1. The lowest BCUT2D eigenvalue weighted by molar-refractivity contribution is -0.124. The molecule has 2 aromatic heterocycles. The van der Waals surface area contributed by atoms with Crippen LogP contribution in [0.25, 0.3) is 17.5 Å². The highest BCUT2D eigenvalue weighted by Gasteiger charge is 2.24. The highest BCUT2D eigenvalue weighted by molar-refractivity contribution is 6.00. The Kier molecular flexibility index (Phi) is 5.98. The highest BCUT2D eigenvalue weighted by Crippen LogP contribution is 2.30. The van der Waals surface area contributed by atoms with Gasteiger partial charge < -0.3 is 20.1 Å². The van der Waals surface area contributed by atoms with Crippen molar-refractivity contribution in [2.45, 2.75) is 37.9 Å². The van der Waals surface area contributed by atoms with E-state index < -0.39 is 0 Å². The van der Waals surface area contributed by atoms with Crippen LogP contribution in [0.4, 0.5) is 11.6 Å². The van der Waals surface area contributed by atoms with Crippen molar-refractivity contribution in [1.29, 1.82) is 0 Å². The van der Waals surface area contributed by atoms with E-state index in [4.69, 9.17) is 4.74 Å². The van der Waals surface area contributed by atoms with E-state index in [-0.39, 0.29) is 18.1 Å². The molecule has 2 atom stereocenters. The minimum absolute atomic E-state index is 0.0238. The van der Waals surface area contributed by atoms with Gasteiger partial charge >= 0.3 is 0 Å². The summed E-state index contributed by atoms with van der Waals surface area (Å²) in [6.45, 7) is 0. The van der Waals surface area contributed by atoms with Crippen LogP contribution < -0.4 is 10.1 Å². The molecule has 2 heterocycles. The smallest absolute Gasteiger partial charge is 0.249 e. The largest absolute Gasteiger partial charge is 0.490 e. The Morgan fingerprint density at radius 3 is 2.74 bits per heavy atom. The molecule has 0 saturated heterocycles. The van der Waals surface area contributed by atoms with Gasteiger partial charge in [-0.2, -0.15) is 0 Å². The number of hydrogen-bond donors (Lipinski definition) is 2. The molecule has 2 N–H and O–H groups in total. The third kappa shape index (κ3) is 4.77. The standard InChI is InChI=1S/C26H27N5O3/c1-31(2)25(33)18-11-16-3-4-19(13-17(16)12-18)29-26-28-10-8-23(30-26)24-15-22(7-9-27-24)34-21-6-5-20(32)14-21/h3-4,7-11,13,15,20-21,32H,5-6,12,14H2,1-2H3,(H,28,29,30). The van der Waals surface area contributed by atoms with Crippen LogP contribution >= 0.6 is 0 Å². The van der Waals surface area contributed by atoms with Gasteiger partial charge in [0, 0.05) is 56.7 Å². The number of aromatic nitrogens is 3. The summed E-state index contributed by atoms with van der Waals surface area (Å²) in [5, 5.41) is 13.0. The number of ether oxygens (including phenoxy) is 1. The maximum absolute atomic E-state index is 12.3. The molecule has 1 fully saturated rings. The molecule has 1 amide bonds. The average molecular weight is 458 g/mol. The number of nitrogens with one attached hydrogen (secondary N) is 1. The Morgan fingerprint density at radius 2 is 1.94 bits per heavy atom. The SMILES string of the molecule is CN(C)C(=O)C1=Cc2ccc(Nc3nccc(-c4cc(OC5CCC(O)C5)ccn4)n3)cc2C1. The van der Waals surface area contributed by atoms with Crippen molar-refractivity contribution in [3.63, 3.8) is 0 Å². The predicted molar refractivity (Wildman–Crippen MR) is 130 cm³/mol. The van der Waals surface area contributed by atoms with Crippen LogP contribution in [0.2, 0.25) is 0 Å². The lowest BCUT2D eigenvalue weighted by Gasteiger charge is -2.14. The molecule has 8 nitrogen and oxygen atoms in total. The minimum Gasteiger partial charge on any atom is -0.490 e. The summed E-state index contributed by atoms with van der Waals surface area (Å²) in [4.78, 5) is 27.3. The molecule has 1 saturated carbocycles. The third-order valence-corrected chi connectivity index (χ3v) is 6.10. The Morgan fingerprint density at radius 1 is 1.09 bits per heavy atom. The Labute approximate surface area is 198 Å². The van der Waals surface area contributed by atoms with Crippen LogP contribution in [0.3, 0.4) is 0 Å². The summed E-state index contributed by atoms with van der Waals surface area (Å²) < 4.78 is 6.03. The van der Waals surface area contributed by atoms with Gasteiger partial charge in [-0.25, -0.2) is 9.97 Å². The van der Waals surface area contributed by atoms with E-state index in [1.807, 2.05) is 42.5 Å². The third-order valence-electron chi connectivity index (χ3n) is 6.10. The number of aliphatic hydroxyl groups excluding tert-OH is 1. The minimum atomic E-state index is -0.281. The molecule has 8 heteroatoms. The van der Waals surface area contributed by atoms with E-state index >= 15 is 0 Å². The first-order chi connectivity index (χ1) is 16.4. The number of benzene rings is 1. The zero-order valence-electron chi connectivity index (χ0n) is 19.2. The first kappa shape index (κ1) is 22.0. The summed E-state index contributed by atoms with van der Waals surface area (Å²) in [5.74, 6) is 1.20. The summed E-state index contributed by atoms with van der Waals surface area (Å²) in [7, 11) is 3.53. The van der Waals surface area contributed by atoms with Crippen molar-refractivity contribution in [2.75, 3.05) is 19.4 Å². The fourth-order valence-corrected chi connectivity index (χ4v) is 4.38. The molecule has 3 aromatic rings. The fourth-order valence-electron chi connectivity index (χ4n) is 4.38. The summed E-state index contributed by atoms with van der Waals surface area (Å²) >= 11 is 0. The summed E-state index contributed by atoms with van der Waals surface area (Å²) in [6, 6.07) is 11.5. The quantitative estimate of drug-likeness (QED) is 0.583. The van der Waals surface area contributed by atoms with Gasteiger partial charge in [0.25, 0.3) is 0 Å². The second-order valence-electron chi connectivity index (χ2n) is 8.93. The highest BCUT2D eigenvalue weighted by atomic mass is 16.5. The van der Waals surface area contributed by atoms with E-state index in [1.54, 1.807) is 31.4 Å². The first-order valence-electron chi connectivity index (χ1n) is 11.4. The molecular weight excluding hydrogens is 430 g/mol. The molecular formula is C26H27N5O3. The number of hydrogen-bond acceptors (Lipinski definition) is 7. The molecule has 0 bridgehead atoms. The van der Waals surface area contributed by atoms with Gasteiger partial charge in [0.1, 0.15) is 11.9 Å². The van der Waals surface area contributed by atoms with Gasteiger partial charge in [-0.3, -0.25) is 9.78 Å².